The fourth-order valence-corrected chi connectivity index (χ4v) is 5.39. The monoisotopic (exact) mass is 299 g/mol. The van der Waals surface area contributed by atoms with Gasteiger partial charge in [-0.2, -0.15) is 0 Å². The first-order chi connectivity index (χ1) is 10.2. The van der Waals surface area contributed by atoms with E-state index in [0.29, 0.717) is 11.7 Å². The number of fused-ring (bicyclic) bond motifs is 3. The van der Waals surface area contributed by atoms with Gasteiger partial charge in [0.15, 0.2) is 0 Å². The second-order valence-corrected chi connectivity index (χ2v) is 7.07. The number of amides is 1. The third kappa shape index (κ3) is 1.78. The highest BCUT2D eigenvalue weighted by Gasteiger charge is 2.57. The molecule has 0 radical (unpaired) electrons. The zero-order valence-corrected chi connectivity index (χ0v) is 12.7. The maximum atomic E-state index is 12.4. The molecular weight excluding hydrogens is 282 g/mol. The number of hydrogen-bond acceptors (Lipinski definition) is 3. The first kappa shape index (κ1) is 13.0. The Labute approximate surface area is 128 Å². The van der Waals surface area contributed by atoms with E-state index in [1.54, 1.807) is 7.11 Å². The summed E-state index contributed by atoms with van der Waals surface area (Å²) in [6, 6.07) is 8.36. The van der Waals surface area contributed by atoms with Gasteiger partial charge >= 0.3 is 0 Å². The number of nitrogens with zero attached hydrogens (tertiary/aromatic N) is 1. The first-order valence-corrected chi connectivity index (χ1v) is 8.12. The van der Waals surface area contributed by atoms with E-state index in [-0.39, 0.29) is 16.8 Å². The standard InChI is InChI=1S/C17H17NO2S/c1-20-13-8-6-12(7-9-13)17-11-10-16(19)18(17)14-4-2-3-5-15(14)21-17/h2-9,14-15H,10-11H2,1H3. The minimum atomic E-state index is -0.211. The van der Waals surface area contributed by atoms with Gasteiger partial charge in [-0.1, -0.05) is 36.4 Å². The van der Waals surface area contributed by atoms with Crippen LogP contribution in [-0.2, 0) is 9.67 Å². The lowest BCUT2D eigenvalue weighted by atomic mass is 10.0. The molecule has 0 bridgehead atoms. The molecular formula is C17H17NO2S. The molecule has 0 N–H and O–H groups in total. The van der Waals surface area contributed by atoms with Crippen molar-refractivity contribution in [2.24, 2.45) is 0 Å². The Hall–Kier alpha value is -1.68. The van der Waals surface area contributed by atoms with E-state index in [1.807, 2.05) is 23.9 Å². The molecule has 0 aromatic heterocycles. The molecule has 3 unspecified atom stereocenters. The maximum absolute atomic E-state index is 12.4. The Morgan fingerprint density at radius 2 is 2.00 bits per heavy atom. The summed E-state index contributed by atoms with van der Waals surface area (Å²) in [6.45, 7) is 0. The highest BCUT2D eigenvalue weighted by molar-refractivity contribution is 8.01. The summed E-state index contributed by atoms with van der Waals surface area (Å²) in [7, 11) is 1.67. The Kier molecular flexibility index (Phi) is 2.89. The van der Waals surface area contributed by atoms with Gasteiger partial charge in [-0.15, -0.1) is 11.8 Å². The molecule has 0 saturated carbocycles. The smallest absolute Gasteiger partial charge is 0.224 e. The van der Waals surface area contributed by atoms with Crippen molar-refractivity contribution in [3.63, 3.8) is 0 Å². The molecule has 2 aliphatic heterocycles. The van der Waals surface area contributed by atoms with Gasteiger partial charge in [0, 0.05) is 11.7 Å². The first-order valence-electron chi connectivity index (χ1n) is 7.24. The summed E-state index contributed by atoms with van der Waals surface area (Å²) in [5.41, 5.74) is 1.20. The minimum Gasteiger partial charge on any atom is -0.497 e. The Balaban J connectivity index is 1.78. The van der Waals surface area contributed by atoms with Crippen molar-refractivity contribution >= 4 is 17.7 Å². The van der Waals surface area contributed by atoms with E-state index in [2.05, 4.69) is 41.3 Å². The molecule has 2 heterocycles. The number of carbonyl (C=O) groups is 1. The largest absolute Gasteiger partial charge is 0.497 e. The third-order valence-electron chi connectivity index (χ3n) is 4.56. The van der Waals surface area contributed by atoms with Crippen molar-refractivity contribution in [1.82, 2.24) is 4.90 Å². The molecule has 0 spiro atoms. The van der Waals surface area contributed by atoms with Crippen LogP contribution >= 0.6 is 11.8 Å². The zero-order valence-electron chi connectivity index (χ0n) is 11.9. The Morgan fingerprint density at radius 3 is 2.76 bits per heavy atom. The lowest BCUT2D eigenvalue weighted by molar-refractivity contribution is -0.130. The van der Waals surface area contributed by atoms with Crippen molar-refractivity contribution < 1.29 is 9.53 Å². The molecule has 3 atom stereocenters. The van der Waals surface area contributed by atoms with E-state index in [4.69, 9.17) is 4.74 Å². The van der Waals surface area contributed by atoms with Crippen LogP contribution in [0.15, 0.2) is 48.6 Å². The van der Waals surface area contributed by atoms with Gasteiger partial charge in [0.25, 0.3) is 0 Å². The van der Waals surface area contributed by atoms with Crippen LogP contribution in [0.5, 0.6) is 5.75 Å². The van der Waals surface area contributed by atoms with Crippen LogP contribution in [0, 0.1) is 0 Å². The second kappa shape index (κ2) is 4.67. The van der Waals surface area contributed by atoms with Gasteiger partial charge < -0.3 is 9.64 Å². The number of rotatable bonds is 2. The lowest BCUT2D eigenvalue weighted by Gasteiger charge is -2.33. The molecule has 1 aromatic carbocycles. The number of carbonyl (C=O) groups excluding carboxylic acids is 1. The van der Waals surface area contributed by atoms with Crippen LogP contribution < -0.4 is 4.74 Å². The molecule has 108 valence electrons. The molecule has 3 nitrogen and oxygen atoms in total. The number of ether oxygens (including phenoxy) is 1. The number of methoxy groups -OCH3 is 1. The molecule has 2 fully saturated rings. The van der Waals surface area contributed by atoms with Crippen molar-refractivity contribution in [3.05, 3.63) is 54.1 Å². The molecule has 1 amide bonds. The molecule has 1 aliphatic carbocycles. The summed E-state index contributed by atoms with van der Waals surface area (Å²) < 4.78 is 5.25. The van der Waals surface area contributed by atoms with E-state index in [9.17, 15) is 4.79 Å². The van der Waals surface area contributed by atoms with Crippen LogP contribution in [-0.4, -0.2) is 29.2 Å². The van der Waals surface area contributed by atoms with E-state index >= 15 is 0 Å². The SMILES string of the molecule is COc1ccc(C23CCC(=O)N2C2C=CC=CC2S3)cc1. The van der Waals surface area contributed by atoms with Gasteiger partial charge in [-0.3, -0.25) is 4.79 Å². The summed E-state index contributed by atoms with van der Waals surface area (Å²) in [4.78, 5) is 14.3. The van der Waals surface area contributed by atoms with Gasteiger partial charge in [-0.05, 0) is 24.1 Å². The van der Waals surface area contributed by atoms with Crippen LogP contribution in [0.25, 0.3) is 0 Å². The number of allylic oxidation sites excluding steroid dienone is 2. The fourth-order valence-electron chi connectivity index (χ4n) is 3.59. The molecule has 4 rings (SSSR count). The average molecular weight is 299 g/mol. The molecule has 4 heteroatoms. The summed E-state index contributed by atoms with van der Waals surface area (Å²) in [5.74, 6) is 1.12. The second-order valence-electron chi connectivity index (χ2n) is 5.62. The van der Waals surface area contributed by atoms with Crippen molar-refractivity contribution in [2.75, 3.05) is 7.11 Å². The van der Waals surface area contributed by atoms with Gasteiger partial charge in [0.2, 0.25) is 5.91 Å². The average Bonchev–Trinajstić information content (AvgIpc) is 3.03. The predicted octanol–water partition coefficient (Wildman–Crippen LogP) is 3.08. The Bertz CT molecular complexity index is 637. The highest BCUT2D eigenvalue weighted by atomic mass is 32.2. The summed E-state index contributed by atoms with van der Waals surface area (Å²) in [5, 5.41) is 0.362. The van der Waals surface area contributed by atoms with Crippen LogP contribution in [0.2, 0.25) is 0 Å². The number of benzene rings is 1. The highest BCUT2D eigenvalue weighted by Crippen LogP contribution is 2.58. The van der Waals surface area contributed by atoms with Gasteiger partial charge in [-0.25, -0.2) is 0 Å². The van der Waals surface area contributed by atoms with Crippen LogP contribution in [0.1, 0.15) is 18.4 Å². The van der Waals surface area contributed by atoms with Crippen molar-refractivity contribution in [3.8, 4) is 5.75 Å². The van der Waals surface area contributed by atoms with Crippen LogP contribution in [0.3, 0.4) is 0 Å². The molecule has 3 aliphatic rings. The van der Waals surface area contributed by atoms with Gasteiger partial charge in [0.1, 0.15) is 10.6 Å². The number of thioether (sulfide) groups is 1. The van der Waals surface area contributed by atoms with Gasteiger partial charge in [0.05, 0.1) is 13.2 Å². The van der Waals surface area contributed by atoms with E-state index in [0.717, 1.165) is 12.2 Å². The third-order valence-corrected chi connectivity index (χ3v) is 6.30. The molecule has 2 saturated heterocycles. The van der Waals surface area contributed by atoms with Crippen LogP contribution in [0.4, 0.5) is 0 Å². The topological polar surface area (TPSA) is 29.5 Å². The van der Waals surface area contributed by atoms with Crippen molar-refractivity contribution in [1.29, 1.82) is 0 Å². The summed E-state index contributed by atoms with van der Waals surface area (Å²) in [6.07, 6.45) is 10.0. The minimum absolute atomic E-state index is 0.192. The quantitative estimate of drug-likeness (QED) is 0.840. The number of hydrogen-bond donors (Lipinski definition) is 0. The van der Waals surface area contributed by atoms with E-state index < -0.39 is 0 Å². The lowest BCUT2D eigenvalue weighted by Crippen LogP contribution is -2.42. The fraction of sp³-hybridized carbons (Fsp3) is 0.353. The summed E-state index contributed by atoms with van der Waals surface area (Å²) >= 11 is 1.91. The normalized spacial score (nSPS) is 33.2. The zero-order chi connectivity index (χ0) is 14.4. The van der Waals surface area contributed by atoms with E-state index in [1.165, 1.54) is 5.56 Å². The Morgan fingerprint density at radius 1 is 1.24 bits per heavy atom. The molecule has 21 heavy (non-hydrogen) atoms. The predicted molar refractivity (Wildman–Crippen MR) is 84.2 cm³/mol. The molecule has 1 aromatic rings. The maximum Gasteiger partial charge on any atom is 0.224 e. The van der Waals surface area contributed by atoms with Crippen molar-refractivity contribution in [2.45, 2.75) is 29.0 Å².